The number of nitrogens with one attached hydrogen (secondary N) is 1. The van der Waals surface area contributed by atoms with Gasteiger partial charge < -0.3 is 5.32 Å². The van der Waals surface area contributed by atoms with Crippen molar-refractivity contribution in [1.82, 2.24) is 14.7 Å². The van der Waals surface area contributed by atoms with Crippen molar-refractivity contribution in [2.45, 2.75) is 26.4 Å². The van der Waals surface area contributed by atoms with Crippen LogP contribution in [0.2, 0.25) is 0 Å². The minimum Gasteiger partial charge on any atom is -0.304 e. The van der Waals surface area contributed by atoms with Crippen LogP contribution in [0.3, 0.4) is 0 Å². The maximum absolute atomic E-state index is 13.7. The maximum atomic E-state index is 13.7. The highest BCUT2D eigenvalue weighted by atomic mass is 32.1. The summed E-state index contributed by atoms with van der Waals surface area (Å²) in [6.07, 6.45) is 2.02. The van der Waals surface area contributed by atoms with E-state index < -0.39 is 0 Å². The van der Waals surface area contributed by atoms with E-state index in [1.165, 1.54) is 6.07 Å². The van der Waals surface area contributed by atoms with E-state index in [1.54, 1.807) is 17.4 Å². The van der Waals surface area contributed by atoms with Gasteiger partial charge in [-0.3, -0.25) is 4.40 Å². The molecule has 3 rings (SSSR count). The first-order valence-corrected chi connectivity index (χ1v) is 7.43. The lowest BCUT2D eigenvalue weighted by Crippen LogP contribution is -2.20. The Morgan fingerprint density at radius 3 is 3.00 bits per heavy atom. The first kappa shape index (κ1) is 13.3. The van der Waals surface area contributed by atoms with Crippen LogP contribution >= 0.6 is 11.3 Å². The van der Waals surface area contributed by atoms with E-state index in [9.17, 15) is 4.39 Å². The van der Waals surface area contributed by atoms with Crippen molar-refractivity contribution in [2.75, 3.05) is 0 Å². The number of imidazole rings is 1. The zero-order valence-electron chi connectivity index (χ0n) is 11.4. The van der Waals surface area contributed by atoms with Gasteiger partial charge in [-0.05, 0) is 19.9 Å². The third-order valence-electron chi connectivity index (χ3n) is 3.51. The number of benzene rings is 1. The Morgan fingerprint density at radius 2 is 2.20 bits per heavy atom. The zero-order chi connectivity index (χ0) is 14.1. The maximum Gasteiger partial charge on any atom is 0.194 e. The highest BCUT2D eigenvalue weighted by Gasteiger charge is 2.13. The first-order chi connectivity index (χ1) is 9.66. The summed E-state index contributed by atoms with van der Waals surface area (Å²) in [6, 6.07) is 6.84. The molecule has 0 saturated carbocycles. The molecule has 0 amide bonds. The molecule has 1 N–H and O–H groups in total. The largest absolute Gasteiger partial charge is 0.304 e. The SMILES string of the molecule is Cc1nc2sccn2c1CN[C@H](C)c1ccccc1F. The van der Waals surface area contributed by atoms with E-state index >= 15 is 0 Å². The van der Waals surface area contributed by atoms with Crippen molar-refractivity contribution >= 4 is 16.3 Å². The Kier molecular flexibility index (Phi) is 3.54. The van der Waals surface area contributed by atoms with Crippen molar-refractivity contribution in [3.63, 3.8) is 0 Å². The van der Waals surface area contributed by atoms with Gasteiger partial charge in [-0.15, -0.1) is 11.3 Å². The predicted octanol–water partition coefficient (Wildman–Crippen LogP) is 3.69. The lowest BCUT2D eigenvalue weighted by molar-refractivity contribution is 0.523. The third kappa shape index (κ3) is 2.34. The molecule has 20 heavy (non-hydrogen) atoms. The van der Waals surface area contributed by atoms with Crippen LogP contribution < -0.4 is 5.32 Å². The fraction of sp³-hybridized carbons (Fsp3) is 0.267. The van der Waals surface area contributed by atoms with Crippen LogP contribution in [0.1, 0.15) is 29.9 Å². The lowest BCUT2D eigenvalue weighted by atomic mass is 10.1. The Hall–Kier alpha value is -1.72. The molecule has 104 valence electrons. The van der Waals surface area contributed by atoms with E-state index in [2.05, 4.69) is 14.7 Å². The van der Waals surface area contributed by atoms with Gasteiger partial charge in [-0.2, -0.15) is 0 Å². The minimum absolute atomic E-state index is 0.0419. The van der Waals surface area contributed by atoms with E-state index in [-0.39, 0.29) is 11.9 Å². The summed E-state index contributed by atoms with van der Waals surface area (Å²) in [7, 11) is 0. The molecule has 0 fully saturated rings. The van der Waals surface area contributed by atoms with Gasteiger partial charge in [0.2, 0.25) is 0 Å². The summed E-state index contributed by atoms with van der Waals surface area (Å²) in [5.74, 6) is -0.168. The quantitative estimate of drug-likeness (QED) is 0.793. The number of fused-ring (bicyclic) bond motifs is 1. The number of thiazole rings is 1. The molecule has 2 aromatic heterocycles. The minimum atomic E-state index is -0.168. The number of nitrogens with zero attached hydrogens (tertiary/aromatic N) is 2. The van der Waals surface area contributed by atoms with Crippen molar-refractivity contribution in [3.8, 4) is 0 Å². The van der Waals surface area contributed by atoms with Crippen LogP contribution in [0.4, 0.5) is 4.39 Å². The van der Waals surface area contributed by atoms with E-state index in [4.69, 9.17) is 0 Å². The number of hydrogen-bond donors (Lipinski definition) is 1. The first-order valence-electron chi connectivity index (χ1n) is 6.55. The average Bonchev–Trinajstić information content (AvgIpc) is 2.97. The third-order valence-corrected chi connectivity index (χ3v) is 4.27. The second-order valence-electron chi connectivity index (χ2n) is 4.82. The zero-order valence-corrected chi connectivity index (χ0v) is 12.2. The molecular weight excluding hydrogens is 273 g/mol. The van der Waals surface area contributed by atoms with Gasteiger partial charge >= 0.3 is 0 Å². The van der Waals surface area contributed by atoms with Crippen molar-refractivity contribution in [3.05, 3.63) is 58.6 Å². The smallest absolute Gasteiger partial charge is 0.194 e. The predicted molar refractivity (Wildman–Crippen MR) is 79.5 cm³/mol. The van der Waals surface area contributed by atoms with E-state index in [0.717, 1.165) is 16.3 Å². The second-order valence-corrected chi connectivity index (χ2v) is 5.70. The molecular formula is C15H16FN3S. The molecule has 0 aliphatic rings. The van der Waals surface area contributed by atoms with E-state index in [0.29, 0.717) is 12.1 Å². The van der Waals surface area contributed by atoms with Gasteiger partial charge in [0.1, 0.15) is 5.82 Å². The molecule has 0 saturated heterocycles. The fourth-order valence-corrected chi connectivity index (χ4v) is 3.12. The molecule has 3 aromatic rings. The summed E-state index contributed by atoms with van der Waals surface area (Å²) in [4.78, 5) is 5.51. The topological polar surface area (TPSA) is 29.3 Å². The van der Waals surface area contributed by atoms with Crippen LogP contribution in [0.15, 0.2) is 35.8 Å². The molecule has 0 radical (unpaired) electrons. The molecule has 1 atom stereocenters. The lowest BCUT2D eigenvalue weighted by Gasteiger charge is -2.15. The summed E-state index contributed by atoms with van der Waals surface area (Å²) in [5, 5.41) is 5.39. The molecule has 0 unspecified atom stereocenters. The second kappa shape index (κ2) is 5.34. The van der Waals surface area contributed by atoms with Gasteiger partial charge in [-0.1, -0.05) is 18.2 Å². The molecule has 2 heterocycles. The van der Waals surface area contributed by atoms with Crippen LogP contribution in [0.25, 0.3) is 4.96 Å². The van der Waals surface area contributed by atoms with Gasteiger partial charge in [-0.25, -0.2) is 9.37 Å². The van der Waals surface area contributed by atoms with Crippen LogP contribution in [-0.4, -0.2) is 9.38 Å². The molecule has 0 bridgehead atoms. The number of rotatable bonds is 4. The van der Waals surface area contributed by atoms with Crippen LogP contribution in [-0.2, 0) is 6.54 Å². The summed E-state index contributed by atoms with van der Waals surface area (Å²) >= 11 is 1.62. The average molecular weight is 289 g/mol. The van der Waals surface area contributed by atoms with Crippen molar-refractivity contribution in [1.29, 1.82) is 0 Å². The Labute approximate surface area is 121 Å². The van der Waals surface area contributed by atoms with E-state index in [1.807, 2.05) is 37.6 Å². The fourth-order valence-electron chi connectivity index (χ4n) is 2.34. The molecule has 0 aliphatic carbocycles. The Morgan fingerprint density at radius 1 is 1.40 bits per heavy atom. The number of halogens is 1. The van der Waals surface area contributed by atoms with Gasteiger partial charge in [0.15, 0.2) is 4.96 Å². The highest BCUT2D eigenvalue weighted by Crippen LogP contribution is 2.19. The molecule has 0 spiro atoms. The number of hydrogen-bond acceptors (Lipinski definition) is 3. The monoisotopic (exact) mass is 289 g/mol. The van der Waals surface area contributed by atoms with Gasteiger partial charge in [0.25, 0.3) is 0 Å². The Bertz CT molecular complexity index is 732. The standard InChI is InChI=1S/C15H16FN3S/c1-10(12-5-3-4-6-13(12)16)17-9-14-11(2)18-15-19(14)7-8-20-15/h3-8,10,17H,9H2,1-2H3/t10-/m1/s1. The molecule has 3 nitrogen and oxygen atoms in total. The highest BCUT2D eigenvalue weighted by molar-refractivity contribution is 7.15. The van der Waals surface area contributed by atoms with Crippen molar-refractivity contribution in [2.24, 2.45) is 0 Å². The van der Waals surface area contributed by atoms with Crippen molar-refractivity contribution < 1.29 is 4.39 Å². The van der Waals surface area contributed by atoms with Crippen LogP contribution in [0, 0.1) is 12.7 Å². The molecule has 0 aliphatic heterocycles. The number of aryl methyl sites for hydroxylation is 1. The van der Waals surface area contributed by atoms with Gasteiger partial charge in [0.05, 0.1) is 11.4 Å². The molecule has 1 aromatic carbocycles. The normalized spacial score (nSPS) is 12.9. The Balaban J connectivity index is 1.78. The summed E-state index contributed by atoms with van der Waals surface area (Å²) in [6.45, 7) is 4.64. The van der Waals surface area contributed by atoms with Gasteiger partial charge in [0, 0.05) is 29.7 Å². The molecule has 5 heteroatoms. The summed E-state index contributed by atoms with van der Waals surface area (Å²) in [5.41, 5.74) is 2.84. The van der Waals surface area contributed by atoms with Crippen LogP contribution in [0.5, 0.6) is 0 Å². The summed E-state index contributed by atoms with van der Waals surface area (Å²) < 4.78 is 15.8. The number of aromatic nitrogens is 2.